The van der Waals surface area contributed by atoms with Gasteiger partial charge in [-0.15, -0.1) is 0 Å². The third-order valence-corrected chi connectivity index (χ3v) is 6.70. The molecule has 194 valence electrons. The molecule has 0 fully saturated rings. The monoisotopic (exact) mass is 479 g/mol. The summed E-state index contributed by atoms with van der Waals surface area (Å²) in [6.45, 7) is 21.9. The van der Waals surface area contributed by atoms with Gasteiger partial charge in [-0.25, -0.2) is 4.98 Å². The van der Waals surface area contributed by atoms with Crippen LogP contribution in [-0.4, -0.2) is 28.6 Å². The maximum atomic E-state index is 5.14. The Labute approximate surface area is 214 Å². The maximum absolute atomic E-state index is 5.14. The minimum Gasteiger partial charge on any atom is -0.384 e. The molecule has 2 aromatic heterocycles. The smallest absolute Gasteiger partial charge is 0.0860 e. The molecule has 0 spiro atoms. The summed E-state index contributed by atoms with van der Waals surface area (Å²) in [5, 5.41) is 11.0. The molecule has 3 N–H and O–H groups in total. The largest absolute Gasteiger partial charge is 0.384 e. The summed E-state index contributed by atoms with van der Waals surface area (Å²) in [7, 11) is 0. The molecule has 0 unspecified atom stereocenters. The van der Waals surface area contributed by atoms with Gasteiger partial charge in [0.05, 0.1) is 28.3 Å². The molecule has 35 heavy (non-hydrogen) atoms. The number of aryl methyl sites for hydroxylation is 1. The molecule has 2 rings (SSSR count). The second-order valence-corrected chi connectivity index (χ2v) is 11.0. The molecule has 2 heterocycles. The van der Waals surface area contributed by atoms with Gasteiger partial charge < -0.3 is 16.0 Å². The minimum atomic E-state index is -0.341. The lowest BCUT2D eigenvalue weighted by Gasteiger charge is -2.38. The summed E-state index contributed by atoms with van der Waals surface area (Å²) >= 11 is 0. The van der Waals surface area contributed by atoms with Crippen molar-refractivity contribution in [1.29, 1.82) is 0 Å². The van der Waals surface area contributed by atoms with E-state index in [1.54, 1.807) is 0 Å². The van der Waals surface area contributed by atoms with Crippen molar-refractivity contribution in [3.63, 3.8) is 0 Å². The molecule has 5 heteroatoms. The average molecular weight is 480 g/mol. The van der Waals surface area contributed by atoms with Gasteiger partial charge in [-0.05, 0) is 83.6 Å². The molecule has 1 atom stereocenters. The fourth-order valence-electron chi connectivity index (χ4n) is 4.36. The Balaban J connectivity index is 2.24. The molecule has 0 aliphatic heterocycles. The number of hydrogen-bond acceptors (Lipinski definition) is 5. The van der Waals surface area contributed by atoms with Crippen LogP contribution < -0.4 is 16.0 Å². The van der Waals surface area contributed by atoms with Crippen LogP contribution in [0.3, 0.4) is 0 Å². The van der Waals surface area contributed by atoms with E-state index in [4.69, 9.17) is 4.98 Å². The number of unbranched alkanes of at least 4 members (excludes halogenated alkanes) is 1. The normalized spacial score (nSPS) is 12.9. The lowest BCUT2D eigenvalue weighted by Crippen LogP contribution is -2.51. The number of anilines is 1. The van der Waals surface area contributed by atoms with E-state index >= 15 is 0 Å². The highest BCUT2D eigenvalue weighted by Crippen LogP contribution is 2.31. The molecule has 0 aromatic carbocycles. The predicted molar refractivity (Wildman–Crippen MR) is 152 cm³/mol. The highest BCUT2D eigenvalue weighted by molar-refractivity contribution is 5.62. The number of pyridine rings is 2. The summed E-state index contributed by atoms with van der Waals surface area (Å²) in [4.78, 5) is 9.64. The van der Waals surface area contributed by atoms with Crippen molar-refractivity contribution in [2.24, 2.45) is 5.92 Å². The zero-order valence-electron chi connectivity index (χ0n) is 23.3. The van der Waals surface area contributed by atoms with Crippen LogP contribution in [-0.2, 0) is 12.0 Å². The van der Waals surface area contributed by atoms with Gasteiger partial charge in [0.25, 0.3) is 0 Å². The van der Waals surface area contributed by atoms with Gasteiger partial charge in [0.15, 0.2) is 0 Å². The second kappa shape index (κ2) is 13.6. The average Bonchev–Trinajstić information content (AvgIpc) is 2.83. The van der Waals surface area contributed by atoms with Crippen molar-refractivity contribution in [2.45, 2.75) is 98.1 Å². The number of nitrogens with one attached hydrogen (secondary N) is 3. The van der Waals surface area contributed by atoms with Crippen LogP contribution in [0.5, 0.6) is 0 Å². The molecule has 2 aromatic rings. The summed E-state index contributed by atoms with van der Waals surface area (Å²) in [5.74, 6) is 0.706. The summed E-state index contributed by atoms with van der Waals surface area (Å²) in [6, 6.07) is 10.4. The van der Waals surface area contributed by atoms with E-state index in [1.807, 2.05) is 12.3 Å². The molecule has 0 saturated heterocycles. The van der Waals surface area contributed by atoms with Gasteiger partial charge in [0, 0.05) is 30.5 Å². The first kappa shape index (κ1) is 28.8. The van der Waals surface area contributed by atoms with Gasteiger partial charge in [-0.3, -0.25) is 4.98 Å². The summed E-state index contributed by atoms with van der Waals surface area (Å²) < 4.78 is 0. The lowest BCUT2D eigenvalue weighted by molar-refractivity contribution is 0.249. The van der Waals surface area contributed by atoms with Gasteiger partial charge in [-0.2, -0.15) is 0 Å². The molecular formula is C30H49N5. The number of rotatable bonds is 16. The van der Waals surface area contributed by atoms with E-state index < -0.39 is 0 Å². The Kier molecular flexibility index (Phi) is 11.2. The zero-order valence-corrected chi connectivity index (χ0v) is 23.3. The van der Waals surface area contributed by atoms with E-state index in [1.165, 1.54) is 6.42 Å². The Hall–Kier alpha value is -2.40. The van der Waals surface area contributed by atoms with Crippen molar-refractivity contribution >= 4 is 11.4 Å². The van der Waals surface area contributed by atoms with Crippen LogP contribution in [0.15, 0.2) is 43.1 Å². The van der Waals surface area contributed by atoms with Crippen LogP contribution in [0.4, 0.5) is 5.69 Å². The molecule has 0 radical (unpaired) electrons. The SMILES string of the molecule is C=C(NCCCC)c1ccc(NCC[C@@H](C)CC)c(C(C)(C)NC(C)(C)CCc2ccccn2)n1. The minimum absolute atomic E-state index is 0.0942. The molecule has 0 aliphatic rings. The van der Waals surface area contributed by atoms with Crippen LogP contribution in [0, 0.1) is 5.92 Å². The third kappa shape index (κ3) is 9.64. The lowest BCUT2D eigenvalue weighted by atomic mass is 9.89. The zero-order chi connectivity index (χ0) is 25.9. The number of aromatic nitrogens is 2. The Morgan fingerprint density at radius 2 is 1.83 bits per heavy atom. The first-order valence-electron chi connectivity index (χ1n) is 13.5. The molecule has 0 amide bonds. The fourth-order valence-corrected chi connectivity index (χ4v) is 4.36. The van der Waals surface area contributed by atoms with Gasteiger partial charge in [0.2, 0.25) is 0 Å². The second-order valence-electron chi connectivity index (χ2n) is 11.0. The molecule has 0 aliphatic carbocycles. The highest BCUT2D eigenvalue weighted by atomic mass is 15.1. The van der Waals surface area contributed by atoms with Crippen molar-refractivity contribution in [2.75, 3.05) is 18.4 Å². The van der Waals surface area contributed by atoms with Crippen LogP contribution in [0.1, 0.15) is 97.7 Å². The van der Waals surface area contributed by atoms with E-state index in [0.717, 1.165) is 73.7 Å². The molecular weight excluding hydrogens is 430 g/mol. The van der Waals surface area contributed by atoms with E-state index in [2.05, 4.69) is 100 Å². The standard InChI is InChI=1S/C30H49N5/c1-9-11-20-31-24(4)26-15-16-27(33-22-18-23(3)10-2)28(34-26)30(7,8)35-29(5,6)19-17-25-14-12-13-21-32-25/h12-16,21,23,31,33,35H,4,9-11,17-20,22H2,1-3,5-8H3/t23-/m0/s1. The van der Waals surface area contributed by atoms with Crippen LogP contribution in [0.25, 0.3) is 5.70 Å². The maximum Gasteiger partial charge on any atom is 0.0860 e. The number of nitrogens with zero attached hydrogens (tertiary/aromatic N) is 2. The highest BCUT2D eigenvalue weighted by Gasteiger charge is 2.32. The third-order valence-electron chi connectivity index (χ3n) is 6.70. The first-order valence-corrected chi connectivity index (χ1v) is 13.5. The quantitative estimate of drug-likeness (QED) is 0.228. The fraction of sp³-hybridized carbons (Fsp3) is 0.600. The van der Waals surface area contributed by atoms with Crippen molar-refractivity contribution in [1.82, 2.24) is 20.6 Å². The molecule has 0 bridgehead atoms. The molecule has 5 nitrogen and oxygen atoms in total. The number of hydrogen-bond donors (Lipinski definition) is 3. The van der Waals surface area contributed by atoms with Crippen molar-refractivity contribution in [3.8, 4) is 0 Å². The topological polar surface area (TPSA) is 61.9 Å². The summed E-state index contributed by atoms with van der Waals surface area (Å²) in [6.07, 6.45) is 8.41. The summed E-state index contributed by atoms with van der Waals surface area (Å²) in [5.41, 5.74) is 4.61. The van der Waals surface area contributed by atoms with Gasteiger partial charge in [0.1, 0.15) is 0 Å². The van der Waals surface area contributed by atoms with Crippen molar-refractivity contribution < 1.29 is 0 Å². The Bertz CT molecular complexity index is 904. The van der Waals surface area contributed by atoms with Gasteiger partial charge >= 0.3 is 0 Å². The Morgan fingerprint density at radius 3 is 2.49 bits per heavy atom. The van der Waals surface area contributed by atoms with E-state index in [9.17, 15) is 0 Å². The van der Waals surface area contributed by atoms with E-state index in [-0.39, 0.29) is 11.1 Å². The van der Waals surface area contributed by atoms with Crippen LogP contribution >= 0.6 is 0 Å². The van der Waals surface area contributed by atoms with Gasteiger partial charge in [-0.1, -0.05) is 46.3 Å². The van der Waals surface area contributed by atoms with Crippen LogP contribution in [0.2, 0.25) is 0 Å². The van der Waals surface area contributed by atoms with Crippen molar-refractivity contribution in [3.05, 3.63) is 60.2 Å². The first-order chi connectivity index (χ1) is 16.6. The van der Waals surface area contributed by atoms with E-state index in [0.29, 0.717) is 5.92 Å². The molecule has 0 saturated carbocycles. The Morgan fingerprint density at radius 1 is 1.06 bits per heavy atom. The predicted octanol–water partition coefficient (Wildman–Crippen LogP) is 6.92.